The van der Waals surface area contributed by atoms with Crippen molar-refractivity contribution in [2.45, 2.75) is 19.2 Å². The average molecular weight is 486 g/mol. The first kappa shape index (κ1) is 22.4. The molecule has 9 heteroatoms. The Morgan fingerprint density at radius 3 is 2.50 bits per heavy atom. The van der Waals surface area contributed by atoms with Crippen LogP contribution in [0.5, 0.6) is 5.75 Å². The van der Waals surface area contributed by atoms with Crippen LogP contribution in [-0.2, 0) is 12.8 Å². The Kier molecular flexibility index (Phi) is 6.62. The number of nitrogens with zero attached hydrogens (tertiary/aromatic N) is 2. The molecule has 0 saturated heterocycles. The Morgan fingerprint density at radius 1 is 1.17 bits per heavy atom. The van der Waals surface area contributed by atoms with Crippen molar-refractivity contribution in [1.29, 1.82) is 0 Å². The summed E-state index contributed by atoms with van der Waals surface area (Å²) >= 11 is 3.35. The van der Waals surface area contributed by atoms with E-state index in [0.717, 1.165) is 30.7 Å². The Balaban J connectivity index is 1.90. The Labute approximate surface area is 181 Å². The summed E-state index contributed by atoms with van der Waals surface area (Å²) in [5.74, 6) is -0.0573. The Bertz CT molecular complexity index is 948. The molecule has 1 amide bonds. The summed E-state index contributed by atoms with van der Waals surface area (Å²) in [5.41, 5.74) is 0.964. The zero-order valence-corrected chi connectivity index (χ0v) is 18.5. The number of carbonyl (C=O) groups excluding carboxylic acids is 1. The van der Waals surface area contributed by atoms with Crippen LogP contribution in [0.25, 0.3) is 0 Å². The van der Waals surface area contributed by atoms with Crippen LogP contribution in [0.3, 0.4) is 0 Å². The SMILES string of the molecule is CN(C)CCCN(C)c1ccc(C(F)(F)F)cc1NC(=O)c1cc(Br)cc2c1OC2. The van der Waals surface area contributed by atoms with E-state index < -0.39 is 17.6 Å². The monoisotopic (exact) mass is 485 g/mol. The molecule has 0 unspecified atom stereocenters. The first-order valence-corrected chi connectivity index (χ1v) is 10.2. The fourth-order valence-electron chi connectivity index (χ4n) is 3.25. The molecule has 0 fully saturated rings. The molecule has 0 aliphatic carbocycles. The lowest BCUT2D eigenvalue weighted by atomic mass is 10.0. The molecule has 5 nitrogen and oxygen atoms in total. The maximum atomic E-state index is 13.3. The molecular weight excluding hydrogens is 463 g/mol. The highest BCUT2D eigenvalue weighted by molar-refractivity contribution is 9.10. The molecule has 1 heterocycles. The molecule has 0 aromatic heterocycles. The van der Waals surface area contributed by atoms with Gasteiger partial charge in [0.25, 0.3) is 5.91 Å². The number of fused-ring (bicyclic) bond motifs is 1. The normalized spacial score (nSPS) is 12.8. The summed E-state index contributed by atoms with van der Waals surface area (Å²) in [5, 5.41) is 2.66. The molecule has 30 heavy (non-hydrogen) atoms. The van der Waals surface area contributed by atoms with E-state index in [1.165, 1.54) is 6.07 Å². The van der Waals surface area contributed by atoms with Gasteiger partial charge in [-0.15, -0.1) is 0 Å². The van der Waals surface area contributed by atoms with Crippen LogP contribution in [-0.4, -0.2) is 45.0 Å². The van der Waals surface area contributed by atoms with Gasteiger partial charge in [-0.05, 0) is 57.4 Å². The van der Waals surface area contributed by atoms with E-state index in [4.69, 9.17) is 4.74 Å². The van der Waals surface area contributed by atoms with Crippen LogP contribution in [0, 0.1) is 0 Å². The average Bonchev–Trinajstić information content (AvgIpc) is 2.62. The van der Waals surface area contributed by atoms with Gasteiger partial charge in [0.05, 0.1) is 22.5 Å². The van der Waals surface area contributed by atoms with Crippen molar-refractivity contribution < 1.29 is 22.7 Å². The number of anilines is 2. The van der Waals surface area contributed by atoms with Crippen molar-refractivity contribution in [2.24, 2.45) is 0 Å². The molecule has 0 spiro atoms. The van der Waals surface area contributed by atoms with Gasteiger partial charge in [0.2, 0.25) is 0 Å². The van der Waals surface area contributed by atoms with Crippen LogP contribution in [0.15, 0.2) is 34.8 Å². The smallest absolute Gasteiger partial charge is 0.416 e. The number of nitrogens with one attached hydrogen (secondary N) is 1. The first-order valence-electron chi connectivity index (χ1n) is 9.40. The van der Waals surface area contributed by atoms with Crippen molar-refractivity contribution in [2.75, 3.05) is 44.4 Å². The molecule has 1 aliphatic heterocycles. The highest BCUT2D eigenvalue weighted by atomic mass is 79.9. The van der Waals surface area contributed by atoms with Gasteiger partial charge in [0, 0.05) is 23.6 Å². The molecule has 0 saturated carbocycles. The number of rotatable bonds is 7. The minimum absolute atomic E-state index is 0.107. The summed E-state index contributed by atoms with van der Waals surface area (Å²) in [6.07, 6.45) is -3.69. The van der Waals surface area contributed by atoms with Crippen molar-refractivity contribution >= 4 is 33.2 Å². The van der Waals surface area contributed by atoms with E-state index in [1.54, 1.807) is 13.1 Å². The number of benzene rings is 2. The highest BCUT2D eigenvalue weighted by Crippen LogP contribution is 2.38. The summed E-state index contributed by atoms with van der Waals surface area (Å²) in [6.45, 7) is 1.87. The highest BCUT2D eigenvalue weighted by Gasteiger charge is 2.32. The van der Waals surface area contributed by atoms with Gasteiger partial charge in [-0.2, -0.15) is 13.2 Å². The number of ether oxygens (including phenoxy) is 1. The van der Waals surface area contributed by atoms with Gasteiger partial charge < -0.3 is 19.9 Å². The fraction of sp³-hybridized carbons (Fsp3) is 0.381. The standard InChI is InChI=1S/C21H23BrF3N3O2/c1-27(2)7-4-8-28(3)18-6-5-14(21(23,24)25)10-17(18)26-20(29)16-11-15(22)9-13-12-30-19(13)16/h5-6,9-11H,4,7-8,12H2,1-3H3,(H,26,29). The fourth-order valence-corrected chi connectivity index (χ4v) is 3.75. The van der Waals surface area contributed by atoms with Crippen molar-refractivity contribution in [3.05, 3.63) is 51.5 Å². The summed E-state index contributed by atoms with van der Waals surface area (Å²) < 4.78 is 45.9. The number of halogens is 4. The predicted molar refractivity (Wildman–Crippen MR) is 114 cm³/mol. The van der Waals surface area contributed by atoms with Gasteiger partial charge >= 0.3 is 6.18 Å². The minimum Gasteiger partial charge on any atom is -0.487 e. The van der Waals surface area contributed by atoms with Gasteiger partial charge in [-0.1, -0.05) is 15.9 Å². The number of alkyl halides is 3. The van der Waals surface area contributed by atoms with Crippen molar-refractivity contribution in [3.8, 4) is 5.75 Å². The van der Waals surface area contributed by atoms with Gasteiger partial charge in [0.15, 0.2) is 0 Å². The van der Waals surface area contributed by atoms with E-state index in [1.807, 2.05) is 30.0 Å². The minimum atomic E-state index is -4.51. The molecule has 0 atom stereocenters. The third kappa shape index (κ3) is 5.07. The van der Waals surface area contributed by atoms with E-state index in [0.29, 0.717) is 29.1 Å². The lowest BCUT2D eigenvalue weighted by molar-refractivity contribution is -0.137. The Morgan fingerprint density at radius 2 is 1.90 bits per heavy atom. The zero-order chi connectivity index (χ0) is 22.1. The number of hydrogen-bond donors (Lipinski definition) is 1. The van der Waals surface area contributed by atoms with Crippen LogP contribution < -0.4 is 15.0 Å². The number of amides is 1. The lowest BCUT2D eigenvalue weighted by Gasteiger charge is -2.26. The van der Waals surface area contributed by atoms with Crippen LogP contribution in [0.1, 0.15) is 27.9 Å². The molecule has 0 bridgehead atoms. The lowest BCUT2D eigenvalue weighted by Crippen LogP contribution is -2.25. The molecular formula is C21H23BrF3N3O2. The predicted octanol–water partition coefficient (Wildman–Crippen LogP) is 5.00. The number of hydrogen-bond acceptors (Lipinski definition) is 4. The van der Waals surface area contributed by atoms with E-state index in [9.17, 15) is 18.0 Å². The molecule has 3 rings (SSSR count). The molecule has 1 aliphatic rings. The summed E-state index contributed by atoms with van der Waals surface area (Å²) in [6, 6.07) is 6.85. The van der Waals surface area contributed by atoms with Crippen LogP contribution in [0.2, 0.25) is 0 Å². The van der Waals surface area contributed by atoms with E-state index in [2.05, 4.69) is 21.2 Å². The van der Waals surface area contributed by atoms with Crippen molar-refractivity contribution in [1.82, 2.24) is 4.90 Å². The van der Waals surface area contributed by atoms with Gasteiger partial charge in [-0.3, -0.25) is 4.79 Å². The zero-order valence-electron chi connectivity index (χ0n) is 16.9. The molecule has 162 valence electrons. The molecule has 2 aromatic rings. The second kappa shape index (κ2) is 8.85. The number of carbonyl (C=O) groups is 1. The van der Waals surface area contributed by atoms with Gasteiger partial charge in [0.1, 0.15) is 12.4 Å². The topological polar surface area (TPSA) is 44.8 Å². The third-order valence-corrected chi connectivity index (χ3v) is 5.29. The second-order valence-corrected chi connectivity index (χ2v) is 8.41. The van der Waals surface area contributed by atoms with Crippen LogP contribution >= 0.6 is 15.9 Å². The second-order valence-electron chi connectivity index (χ2n) is 7.49. The van der Waals surface area contributed by atoms with Crippen molar-refractivity contribution in [3.63, 3.8) is 0 Å². The largest absolute Gasteiger partial charge is 0.487 e. The summed E-state index contributed by atoms with van der Waals surface area (Å²) in [4.78, 5) is 16.8. The van der Waals surface area contributed by atoms with E-state index >= 15 is 0 Å². The summed E-state index contributed by atoms with van der Waals surface area (Å²) in [7, 11) is 5.71. The third-order valence-electron chi connectivity index (χ3n) is 4.83. The first-order chi connectivity index (χ1) is 14.1. The quantitative estimate of drug-likeness (QED) is 0.599. The molecule has 0 radical (unpaired) electrons. The molecule has 1 N–H and O–H groups in total. The maximum Gasteiger partial charge on any atom is 0.416 e. The van der Waals surface area contributed by atoms with Gasteiger partial charge in [-0.25, -0.2) is 0 Å². The molecule has 2 aromatic carbocycles. The maximum absolute atomic E-state index is 13.3. The van der Waals surface area contributed by atoms with E-state index in [-0.39, 0.29) is 11.3 Å². The Hall–Kier alpha value is -2.26. The van der Waals surface area contributed by atoms with Crippen LogP contribution in [0.4, 0.5) is 24.5 Å².